The lowest BCUT2D eigenvalue weighted by atomic mass is 10.1. The highest BCUT2D eigenvalue weighted by Crippen LogP contribution is 2.27. The van der Waals surface area contributed by atoms with E-state index < -0.39 is 0 Å². The molecule has 2 N–H and O–H groups in total. The molecule has 3 nitrogen and oxygen atoms in total. The van der Waals surface area contributed by atoms with Gasteiger partial charge in [0, 0.05) is 24.7 Å². The zero-order valence-electron chi connectivity index (χ0n) is 11.8. The van der Waals surface area contributed by atoms with Gasteiger partial charge < -0.3 is 10.5 Å². The van der Waals surface area contributed by atoms with Gasteiger partial charge in [0.25, 0.3) is 0 Å². The van der Waals surface area contributed by atoms with Crippen LogP contribution in [0.25, 0.3) is 0 Å². The van der Waals surface area contributed by atoms with Crippen LogP contribution in [0.15, 0.2) is 24.3 Å². The molecule has 0 aliphatic carbocycles. The Kier molecular flexibility index (Phi) is 6.63. The summed E-state index contributed by atoms with van der Waals surface area (Å²) in [6, 6.07) is 8.95. The summed E-state index contributed by atoms with van der Waals surface area (Å²) in [5.41, 5.74) is 7.06. The lowest BCUT2D eigenvalue weighted by Gasteiger charge is -2.22. The molecule has 108 valence electrons. The van der Waals surface area contributed by atoms with Crippen LogP contribution in [0, 0.1) is 5.92 Å². The van der Waals surface area contributed by atoms with Crippen molar-refractivity contribution in [2.75, 3.05) is 19.7 Å². The highest BCUT2D eigenvalue weighted by molar-refractivity contribution is 5.85. The van der Waals surface area contributed by atoms with Gasteiger partial charge in [-0.05, 0) is 38.8 Å². The van der Waals surface area contributed by atoms with Gasteiger partial charge in [-0.1, -0.05) is 18.2 Å². The largest absolute Gasteiger partial charge is 0.494 e. The van der Waals surface area contributed by atoms with E-state index in [0.29, 0.717) is 12.0 Å². The zero-order valence-corrected chi connectivity index (χ0v) is 12.7. The molecular formula is C15H25ClN2O. The predicted molar refractivity (Wildman–Crippen MR) is 81.9 cm³/mol. The lowest BCUT2D eigenvalue weighted by Crippen LogP contribution is -2.27. The molecule has 1 aliphatic rings. The van der Waals surface area contributed by atoms with Crippen LogP contribution in [0.5, 0.6) is 5.75 Å². The van der Waals surface area contributed by atoms with E-state index in [1.54, 1.807) is 0 Å². The number of halogens is 1. The topological polar surface area (TPSA) is 38.5 Å². The number of rotatable bonds is 5. The maximum atomic E-state index is 5.78. The third-order valence-corrected chi connectivity index (χ3v) is 3.77. The highest BCUT2D eigenvalue weighted by Gasteiger charge is 2.28. The molecule has 1 aromatic carbocycles. The Balaban J connectivity index is 0.00000180. The number of hydrogen-bond donors (Lipinski definition) is 1. The number of likely N-dealkylation sites (tertiary alicyclic amines) is 1. The van der Waals surface area contributed by atoms with E-state index in [1.165, 1.54) is 12.0 Å². The molecule has 0 amide bonds. The molecule has 4 heteroatoms. The molecule has 0 radical (unpaired) electrons. The number of nitrogens with two attached hydrogens (primary N) is 1. The van der Waals surface area contributed by atoms with Crippen LogP contribution in [0.2, 0.25) is 0 Å². The van der Waals surface area contributed by atoms with Crippen LogP contribution < -0.4 is 10.5 Å². The third-order valence-electron chi connectivity index (χ3n) is 3.77. The van der Waals surface area contributed by atoms with Crippen molar-refractivity contribution in [2.45, 2.75) is 32.9 Å². The fourth-order valence-electron chi connectivity index (χ4n) is 2.76. The van der Waals surface area contributed by atoms with Crippen LogP contribution in [0.4, 0.5) is 0 Å². The molecule has 1 fully saturated rings. The first-order chi connectivity index (χ1) is 8.74. The van der Waals surface area contributed by atoms with Crippen molar-refractivity contribution in [3.05, 3.63) is 29.8 Å². The number of ether oxygens (including phenoxy) is 1. The van der Waals surface area contributed by atoms with E-state index in [1.807, 2.05) is 13.0 Å². The molecule has 19 heavy (non-hydrogen) atoms. The van der Waals surface area contributed by atoms with Crippen molar-refractivity contribution in [1.29, 1.82) is 0 Å². The van der Waals surface area contributed by atoms with Crippen LogP contribution in [-0.2, 0) is 6.54 Å². The summed E-state index contributed by atoms with van der Waals surface area (Å²) >= 11 is 0. The fourth-order valence-corrected chi connectivity index (χ4v) is 2.76. The average Bonchev–Trinajstić information content (AvgIpc) is 2.73. The molecule has 1 saturated heterocycles. The van der Waals surface area contributed by atoms with E-state index in [0.717, 1.165) is 32.0 Å². The summed E-state index contributed by atoms with van der Waals surface area (Å²) in [6.45, 7) is 7.91. The van der Waals surface area contributed by atoms with E-state index in [9.17, 15) is 0 Å². The van der Waals surface area contributed by atoms with Gasteiger partial charge >= 0.3 is 0 Å². The monoisotopic (exact) mass is 284 g/mol. The molecule has 0 saturated carbocycles. The van der Waals surface area contributed by atoms with Gasteiger partial charge in [-0.3, -0.25) is 4.90 Å². The Hall–Kier alpha value is -0.770. The third kappa shape index (κ3) is 4.10. The maximum Gasteiger partial charge on any atom is 0.123 e. The number of hydrogen-bond acceptors (Lipinski definition) is 3. The molecule has 0 bridgehead atoms. The molecule has 2 atom stereocenters. The normalized spacial score (nSPS) is 23.1. The Morgan fingerprint density at radius 1 is 1.37 bits per heavy atom. The minimum atomic E-state index is 0. The van der Waals surface area contributed by atoms with Gasteiger partial charge in [-0.25, -0.2) is 0 Å². The second-order valence-electron chi connectivity index (χ2n) is 5.16. The predicted octanol–water partition coefficient (Wildman–Crippen LogP) is 2.68. The molecule has 1 aliphatic heterocycles. The molecular weight excluding hydrogens is 260 g/mol. The molecule has 0 aromatic heterocycles. The molecule has 2 unspecified atom stereocenters. The summed E-state index contributed by atoms with van der Waals surface area (Å²) < 4.78 is 5.68. The summed E-state index contributed by atoms with van der Waals surface area (Å²) in [5, 5.41) is 0. The summed E-state index contributed by atoms with van der Waals surface area (Å²) in [6.07, 6.45) is 1.22. The van der Waals surface area contributed by atoms with Crippen molar-refractivity contribution in [2.24, 2.45) is 11.7 Å². The summed E-state index contributed by atoms with van der Waals surface area (Å²) in [4.78, 5) is 2.51. The van der Waals surface area contributed by atoms with Crippen molar-refractivity contribution in [3.8, 4) is 5.75 Å². The second-order valence-corrected chi connectivity index (χ2v) is 5.16. The van der Waals surface area contributed by atoms with Crippen molar-refractivity contribution >= 4 is 12.4 Å². The summed E-state index contributed by atoms with van der Waals surface area (Å²) in [5.74, 6) is 1.67. The number of benzene rings is 1. The minimum absolute atomic E-state index is 0. The average molecular weight is 285 g/mol. The van der Waals surface area contributed by atoms with Crippen LogP contribution >= 0.6 is 12.4 Å². The molecule has 1 aromatic rings. The summed E-state index contributed by atoms with van der Waals surface area (Å²) in [7, 11) is 0. The van der Waals surface area contributed by atoms with Crippen molar-refractivity contribution in [1.82, 2.24) is 4.90 Å². The van der Waals surface area contributed by atoms with Crippen LogP contribution in [-0.4, -0.2) is 30.6 Å². The van der Waals surface area contributed by atoms with Crippen LogP contribution in [0.1, 0.15) is 25.8 Å². The Morgan fingerprint density at radius 2 is 2.11 bits per heavy atom. The first kappa shape index (κ1) is 16.3. The van der Waals surface area contributed by atoms with E-state index in [4.69, 9.17) is 10.5 Å². The lowest BCUT2D eigenvalue weighted by molar-refractivity contribution is 0.248. The highest BCUT2D eigenvalue weighted by atomic mass is 35.5. The standard InChI is InChI=1S/C15H24N2O.ClH/c1-3-18-15-7-5-4-6-14(15)11-17-10-13(9-16)8-12(17)2;/h4-7,12-13H,3,8-11,16H2,1-2H3;1H. The fraction of sp³-hybridized carbons (Fsp3) is 0.600. The smallest absolute Gasteiger partial charge is 0.123 e. The first-order valence-electron chi connectivity index (χ1n) is 6.89. The van der Waals surface area contributed by atoms with E-state index >= 15 is 0 Å². The molecule has 2 rings (SSSR count). The molecule has 0 spiro atoms. The Morgan fingerprint density at radius 3 is 2.74 bits per heavy atom. The number of para-hydroxylation sites is 1. The van der Waals surface area contributed by atoms with Gasteiger partial charge in [0.05, 0.1) is 6.61 Å². The van der Waals surface area contributed by atoms with Gasteiger partial charge in [-0.15, -0.1) is 12.4 Å². The Labute approximate surface area is 122 Å². The maximum absolute atomic E-state index is 5.78. The van der Waals surface area contributed by atoms with Crippen molar-refractivity contribution in [3.63, 3.8) is 0 Å². The van der Waals surface area contributed by atoms with Gasteiger partial charge in [-0.2, -0.15) is 0 Å². The van der Waals surface area contributed by atoms with E-state index in [-0.39, 0.29) is 12.4 Å². The van der Waals surface area contributed by atoms with Gasteiger partial charge in [0.15, 0.2) is 0 Å². The van der Waals surface area contributed by atoms with E-state index in [2.05, 4.69) is 30.0 Å². The molecule has 1 heterocycles. The SMILES string of the molecule is CCOc1ccccc1CN1CC(CN)CC1C.Cl. The zero-order chi connectivity index (χ0) is 13.0. The number of nitrogens with zero attached hydrogens (tertiary/aromatic N) is 1. The second kappa shape index (κ2) is 7.73. The van der Waals surface area contributed by atoms with Crippen molar-refractivity contribution < 1.29 is 4.74 Å². The minimum Gasteiger partial charge on any atom is -0.494 e. The van der Waals surface area contributed by atoms with Gasteiger partial charge in [0.2, 0.25) is 0 Å². The van der Waals surface area contributed by atoms with Crippen LogP contribution in [0.3, 0.4) is 0 Å². The quantitative estimate of drug-likeness (QED) is 0.903. The first-order valence-corrected chi connectivity index (χ1v) is 6.89. The Bertz CT molecular complexity index is 386. The van der Waals surface area contributed by atoms with Gasteiger partial charge in [0.1, 0.15) is 5.75 Å².